The third-order valence-electron chi connectivity index (χ3n) is 8.60. The molecular weight excluding hydrogens is 670 g/mol. The zero-order chi connectivity index (χ0) is 39.3. The number of carbonyl (C=O) groups is 4. The number of esters is 1. The maximum absolute atomic E-state index is 15.0. The Bertz CT molecular complexity index is 1660. The molecule has 288 valence electrons. The fourth-order valence-electron chi connectivity index (χ4n) is 5.87. The number of hydrogen-bond donors (Lipinski definition) is 3. The van der Waals surface area contributed by atoms with Gasteiger partial charge in [0.1, 0.15) is 35.1 Å². The van der Waals surface area contributed by atoms with Crippen LogP contribution in [0.4, 0.5) is 4.79 Å². The van der Waals surface area contributed by atoms with Crippen LogP contribution in [0.5, 0.6) is 5.75 Å². The summed E-state index contributed by atoms with van der Waals surface area (Å²) < 4.78 is 11.3. The first-order chi connectivity index (χ1) is 24.9. The maximum Gasteiger partial charge on any atom is 0.408 e. The third kappa shape index (κ3) is 14.2. The molecule has 3 rings (SSSR count). The third-order valence-corrected chi connectivity index (χ3v) is 8.60. The van der Waals surface area contributed by atoms with Crippen LogP contribution in [0, 0.1) is 13.8 Å². The van der Waals surface area contributed by atoms with E-state index in [2.05, 4.69) is 17.6 Å². The molecule has 3 amide bonds. The van der Waals surface area contributed by atoms with Crippen LogP contribution in [-0.2, 0) is 36.7 Å². The minimum Gasteiger partial charge on any atom is -0.508 e. The lowest BCUT2D eigenvalue weighted by molar-refractivity contribution is -0.159. The number of phenolic OH excluding ortho intramolecular Hbond substituents is 1. The maximum atomic E-state index is 15.0. The molecule has 0 bridgehead atoms. The monoisotopic (exact) mass is 729 g/mol. The van der Waals surface area contributed by atoms with Gasteiger partial charge in [0.2, 0.25) is 11.8 Å². The minimum atomic E-state index is -1.16. The standard InChI is InChI=1S/C43H59N3O7/c1-10-11-12-16-25-46(39(49)35(45-41(51)53-43(7,8)9)27-32-20-23-34(47)24-21-32)37(33-22-19-29(2)30(3)26-33)38(48)44-36(40(50)52-42(4,5)6)28-31-17-14-13-15-18-31/h13-15,17-24,26,35-37,47H,10-12,16,25,27-28H2,1-9H3,(H,44,48)(H,45,51). The number of aryl methyl sites for hydroxylation is 2. The first kappa shape index (κ1) is 42.6. The number of unbranched alkanes of at least 4 members (excludes halogenated alkanes) is 3. The first-order valence-electron chi connectivity index (χ1n) is 18.6. The lowest BCUT2D eigenvalue weighted by Gasteiger charge is -2.35. The van der Waals surface area contributed by atoms with Gasteiger partial charge in [-0.1, -0.05) is 86.8 Å². The number of alkyl carbamates (subject to hydrolysis) is 1. The minimum absolute atomic E-state index is 0.0656. The Labute approximate surface area is 315 Å². The van der Waals surface area contributed by atoms with Crippen molar-refractivity contribution in [1.29, 1.82) is 0 Å². The van der Waals surface area contributed by atoms with Crippen molar-refractivity contribution in [2.75, 3.05) is 6.54 Å². The van der Waals surface area contributed by atoms with Crippen molar-refractivity contribution >= 4 is 23.9 Å². The molecule has 3 aromatic rings. The van der Waals surface area contributed by atoms with Gasteiger partial charge < -0.3 is 30.1 Å². The lowest BCUT2D eigenvalue weighted by atomic mass is 9.96. The van der Waals surface area contributed by atoms with Crippen LogP contribution >= 0.6 is 0 Å². The lowest BCUT2D eigenvalue weighted by Crippen LogP contribution is -2.55. The largest absolute Gasteiger partial charge is 0.508 e. The molecule has 0 aromatic heterocycles. The van der Waals surface area contributed by atoms with Gasteiger partial charge in [-0.2, -0.15) is 0 Å². The van der Waals surface area contributed by atoms with Gasteiger partial charge in [0, 0.05) is 19.4 Å². The number of benzene rings is 3. The van der Waals surface area contributed by atoms with E-state index in [0.29, 0.717) is 17.5 Å². The molecule has 53 heavy (non-hydrogen) atoms. The molecule has 0 aliphatic heterocycles. The summed E-state index contributed by atoms with van der Waals surface area (Å²) in [5.74, 6) is -1.57. The Kier molecular flexibility index (Phi) is 15.5. The van der Waals surface area contributed by atoms with E-state index in [9.17, 15) is 24.3 Å². The van der Waals surface area contributed by atoms with E-state index in [1.54, 1.807) is 53.7 Å². The molecule has 0 heterocycles. The summed E-state index contributed by atoms with van der Waals surface area (Å²) in [6, 6.07) is 18.0. The van der Waals surface area contributed by atoms with E-state index in [4.69, 9.17) is 9.47 Å². The van der Waals surface area contributed by atoms with Gasteiger partial charge in [0.05, 0.1) is 0 Å². The molecule has 3 unspecified atom stereocenters. The second-order valence-electron chi connectivity index (χ2n) is 15.7. The van der Waals surface area contributed by atoms with Gasteiger partial charge in [0.25, 0.3) is 0 Å². The number of nitrogens with one attached hydrogen (secondary N) is 2. The van der Waals surface area contributed by atoms with Gasteiger partial charge in [-0.15, -0.1) is 0 Å². The average molecular weight is 730 g/mol. The van der Waals surface area contributed by atoms with Crippen molar-refractivity contribution in [2.45, 2.75) is 130 Å². The van der Waals surface area contributed by atoms with Gasteiger partial charge in [-0.25, -0.2) is 9.59 Å². The second kappa shape index (κ2) is 19.3. The highest BCUT2D eigenvalue weighted by molar-refractivity contribution is 5.94. The van der Waals surface area contributed by atoms with Crippen molar-refractivity contribution in [3.63, 3.8) is 0 Å². The van der Waals surface area contributed by atoms with Crippen LogP contribution in [0.15, 0.2) is 72.8 Å². The first-order valence-corrected chi connectivity index (χ1v) is 18.6. The van der Waals surface area contributed by atoms with Crippen molar-refractivity contribution in [1.82, 2.24) is 15.5 Å². The normalized spacial score (nSPS) is 13.3. The van der Waals surface area contributed by atoms with Crippen LogP contribution in [0.25, 0.3) is 0 Å². The van der Waals surface area contributed by atoms with E-state index >= 15 is 0 Å². The van der Waals surface area contributed by atoms with Gasteiger partial charge >= 0.3 is 12.1 Å². The summed E-state index contributed by atoms with van der Waals surface area (Å²) in [5.41, 5.74) is 2.39. The summed E-state index contributed by atoms with van der Waals surface area (Å²) >= 11 is 0. The molecule has 3 atom stereocenters. The molecule has 0 fully saturated rings. The molecule has 0 radical (unpaired) electrons. The highest BCUT2D eigenvalue weighted by Gasteiger charge is 2.38. The summed E-state index contributed by atoms with van der Waals surface area (Å²) in [5, 5.41) is 15.7. The van der Waals surface area contributed by atoms with Crippen molar-refractivity contribution in [3.8, 4) is 5.75 Å². The summed E-state index contributed by atoms with van der Waals surface area (Å²) in [4.78, 5) is 58.2. The summed E-state index contributed by atoms with van der Waals surface area (Å²) in [7, 11) is 0. The predicted molar refractivity (Wildman–Crippen MR) is 207 cm³/mol. The van der Waals surface area contributed by atoms with E-state index in [1.807, 2.05) is 62.4 Å². The highest BCUT2D eigenvalue weighted by Crippen LogP contribution is 2.27. The molecule has 10 nitrogen and oxygen atoms in total. The average Bonchev–Trinajstić information content (AvgIpc) is 3.06. The Balaban J connectivity index is 2.16. The van der Waals surface area contributed by atoms with Crippen molar-refractivity contribution < 1.29 is 33.8 Å². The number of aromatic hydroxyl groups is 1. The SMILES string of the molecule is CCCCCCN(C(=O)C(Cc1ccc(O)cc1)NC(=O)OC(C)(C)C)C(C(=O)NC(Cc1ccccc1)C(=O)OC(C)(C)C)c1ccc(C)c(C)c1. The van der Waals surface area contributed by atoms with Crippen LogP contribution in [0.3, 0.4) is 0 Å². The number of carbonyl (C=O) groups excluding carboxylic acids is 4. The van der Waals surface area contributed by atoms with E-state index in [0.717, 1.165) is 36.0 Å². The Morgan fingerprint density at radius 1 is 0.717 bits per heavy atom. The molecular formula is C43H59N3O7. The fraction of sp³-hybridized carbons (Fsp3) is 0.488. The van der Waals surface area contributed by atoms with Crippen LogP contribution < -0.4 is 10.6 Å². The number of rotatable bonds is 16. The molecule has 0 saturated carbocycles. The quantitative estimate of drug-likeness (QED) is 0.102. The van der Waals surface area contributed by atoms with E-state index in [-0.39, 0.29) is 25.1 Å². The highest BCUT2D eigenvalue weighted by atomic mass is 16.6. The van der Waals surface area contributed by atoms with E-state index in [1.165, 1.54) is 17.0 Å². The zero-order valence-electron chi connectivity index (χ0n) is 33.0. The number of nitrogens with zero attached hydrogens (tertiary/aromatic N) is 1. The molecule has 0 aliphatic rings. The second-order valence-corrected chi connectivity index (χ2v) is 15.7. The topological polar surface area (TPSA) is 134 Å². The van der Waals surface area contributed by atoms with E-state index < -0.39 is 53.2 Å². The molecule has 0 aliphatic carbocycles. The number of ether oxygens (including phenoxy) is 2. The molecule has 0 saturated heterocycles. The molecule has 0 spiro atoms. The summed E-state index contributed by atoms with van der Waals surface area (Å²) in [6.07, 6.45) is 2.79. The molecule has 3 N–H and O–H groups in total. The predicted octanol–water partition coefficient (Wildman–Crippen LogP) is 7.66. The smallest absolute Gasteiger partial charge is 0.408 e. The number of phenols is 1. The van der Waals surface area contributed by atoms with Crippen LogP contribution in [-0.4, -0.2) is 63.7 Å². The number of hydrogen-bond acceptors (Lipinski definition) is 7. The number of amides is 3. The zero-order valence-corrected chi connectivity index (χ0v) is 33.0. The van der Waals surface area contributed by atoms with Gasteiger partial charge in [-0.05, 0) is 102 Å². The Morgan fingerprint density at radius 3 is 1.91 bits per heavy atom. The van der Waals surface area contributed by atoms with Crippen molar-refractivity contribution in [3.05, 3.63) is 101 Å². The molecule has 10 heteroatoms. The Morgan fingerprint density at radius 2 is 1.32 bits per heavy atom. The fourth-order valence-corrected chi connectivity index (χ4v) is 5.87. The van der Waals surface area contributed by atoms with Crippen molar-refractivity contribution in [2.24, 2.45) is 0 Å². The van der Waals surface area contributed by atoms with Gasteiger partial charge in [0.15, 0.2) is 0 Å². The van der Waals surface area contributed by atoms with Crippen LogP contribution in [0.1, 0.15) is 108 Å². The van der Waals surface area contributed by atoms with Gasteiger partial charge in [-0.3, -0.25) is 9.59 Å². The Hall–Kier alpha value is -4.86. The molecule has 3 aromatic carbocycles. The van der Waals surface area contributed by atoms with Crippen LogP contribution in [0.2, 0.25) is 0 Å². The summed E-state index contributed by atoms with van der Waals surface area (Å²) in [6.45, 7) is 16.7.